The molecule has 1 atom stereocenters. The number of alkyl halides is 3. The summed E-state index contributed by atoms with van der Waals surface area (Å²) in [6.45, 7) is 3.56. The summed E-state index contributed by atoms with van der Waals surface area (Å²) < 4.78 is 51.6. The van der Waals surface area contributed by atoms with Crippen molar-refractivity contribution in [1.29, 1.82) is 0 Å². The lowest BCUT2D eigenvalue weighted by Crippen LogP contribution is -2.35. The number of hydrogen-bond acceptors (Lipinski definition) is 6. The van der Waals surface area contributed by atoms with E-state index in [0.717, 1.165) is 12.1 Å². The molecular weight excluding hydrogens is 361 g/mol. The molecule has 1 aromatic carbocycles. The Morgan fingerprint density at radius 2 is 1.62 bits per heavy atom. The second-order valence-corrected chi connectivity index (χ2v) is 6.12. The van der Waals surface area contributed by atoms with Crippen molar-refractivity contribution < 1.29 is 46.9 Å². The smallest absolute Gasteiger partial charge is 0.481 e. The minimum atomic E-state index is -5.04. The summed E-state index contributed by atoms with van der Waals surface area (Å²) >= 11 is 0. The van der Waals surface area contributed by atoms with Crippen LogP contribution in [0.15, 0.2) is 24.3 Å². The molecule has 0 aliphatic rings. The number of esters is 1. The number of hydrogen-bond donors (Lipinski definition) is 1. The summed E-state index contributed by atoms with van der Waals surface area (Å²) in [5, 5.41) is 8.52. The molecule has 0 saturated carbocycles. The van der Waals surface area contributed by atoms with E-state index in [2.05, 4.69) is 4.74 Å². The van der Waals surface area contributed by atoms with Gasteiger partial charge in [-0.1, -0.05) is 0 Å². The van der Waals surface area contributed by atoms with Crippen molar-refractivity contribution >= 4 is 18.1 Å². The average Bonchev–Trinajstić information content (AvgIpc) is 2.44. The van der Waals surface area contributed by atoms with Crippen LogP contribution in [-0.4, -0.2) is 41.6 Å². The molecular formula is C16H17F3O7. The van der Waals surface area contributed by atoms with Crippen molar-refractivity contribution in [1.82, 2.24) is 0 Å². The average molecular weight is 378 g/mol. The molecule has 1 rings (SSSR count). The van der Waals surface area contributed by atoms with Gasteiger partial charge in [-0.15, -0.1) is 0 Å². The summed E-state index contributed by atoms with van der Waals surface area (Å²) in [5.41, 5.74) is -0.909. The Morgan fingerprint density at radius 1 is 1.08 bits per heavy atom. The third-order valence-corrected chi connectivity index (χ3v) is 2.76. The predicted molar refractivity (Wildman–Crippen MR) is 80.8 cm³/mol. The highest BCUT2D eigenvalue weighted by atomic mass is 19.4. The first-order valence-electron chi connectivity index (χ1n) is 7.27. The number of carbonyl (C=O) groups is 3. The molecule has 0 saturated heterocycles. The second kappa shape index (κ2) is 8.07. The first kappa shape index (κ1) is 21.3. The van der Waals surface area contributed by atoms with Gasteiger partial charge in [-0.2, -0.15) is 13.2 Å². The van der Waals surface area contributed by atoms with Gasteiger partial charge in [0.2, 0.25) is 0 Å². The number of benzene rings is 1. The molecule has 26 heavy (non-hydrogen) atoms. The van der Waals surface area contributed by atoms with Gasteiger partial charge in [0.15, 0.2) is 5.92 Å². The maximum Gasteiger partial charge on any atom is 0.514 e. The van der Waals surface area contributed by atoms with Crippen LogP contribution in [0.25, 0.3) is 0 Å². The van der Waals surface area contributed by atoms with Crippen molar-refractivity contribution in [2.45, 2.75) is 32.5 Å². The lowest BCUT2D eigenvalue weighted by Gasteiger charge is -2.18. The Labute approximate surface area is 146 Å². The lowest BCUT2D eigenvalue weighted by atomic mass is 10.1. The zero-order valence-corrected chi connectivity index (χ0v) is 14.1. The maximum atomic E-state index is 12.5. The monoisotopic (exact) mass is 378 g/mol. The molecule has 1 aromatic rings. The highest BCUT2D eigenvalue weighted by molar-refractivity contribution is 5.89. The molecule has 144 valence electrons. The van der Waals surface area contributed by atoms with E-state index in [0.29, 0.717) is 0 Å². The van der Waals surface area contributed by atoms with Crippen LogP contribution in [0.1, 0.15) is 31.1 Å². The van der Waals surface area contributed by atoms with Crippen LogP contribution in [-0.2, 0) is 14.3 Å². The van der Waals surface area contributed by atoms with Crippen molar-refractivity contribution in [3.05, 3.63) is 29.8 Å². The second-order valence-electron chi connectivity index (χ2n) is 6.12. The zero-order chi connectivity index (χ0) is 20.1. The van der Waals surface area contributed by atoms with Crippen LogP contribution in [0.3, 0.4) is 0 Å². The van der Waals surface area contributed by atoms with Gasteiger partial charge in [-0.3, -0.25) is 4.79 Å². The SMILES string of the molecule is CC(C)(C)OC(=O)Oc1ccc(C(=O)OCC(C(=O)O)C(F)(F)F)cc1. The standard InChI is InChI=1S/C16H17F3O7/c1-15(2,3)26-14(23)25-10-6-4-9(5-7-10)13(22)24-8-11(12(20)21)16(17,18)19/h4-7,11H,8H2,1-3H3,(H,20,21). The predicted octanol–water partition coefficient (Wildman–Crippen LogP) is 3.42. The molecule has 0 aromatic heterocycles. The number of rotatable bonds is 5. The minimum Gasteiger partial charge on any atom is -0.481 e. The molecule has 0 fully saturated rings. The lowest BCUT2D eigenvalue weighted by molar-refractivity contribution is -0.199. The van der Waals surface area contributed by atoms with Gasteiger partial charge in [0, 0.05) is 0 Å². The van der Waals surface area contributed by atoms with Crippen LogP contribution in [0.4, 0.5) is 18.0 Å². The molecule has 0 aliphatic carbocycles. The number of carboxylic acid groups (broad SMARTS) is 1. The van der Waals surface area contributed by atoms with E-state index in [-0.39, 0.29) is 11.3 Å². The molecule has 0 aliphatic heterocycles. The van der Waals surface area contributed by atoms with E-state index in [4.69, 9.17) is 14.6 Å². The van der Waals surface area contributed by atoms with Gasteiger partial charge in [0.1, 0.15) is 18.0 Å². The maximum absolute atomic E-state index is 12.5. The largest absolute Gasteiger partial charge is 0.514 e. The molecule has 0 radical (unpaired) electrons. The van der Waals surface area contributed by atoms with Gasteiger partial charge in [0.05, 0.1) is 5.56 Å². The van der Waals surface area contributed by atoms with Crippen LogP contribution in [0, 0.1) is 5.92 Å². The normalized spacial score (nSPS) is 12.8. The van der Waals surface area contributed by atoms with Crippen LogP contribution in [0.5, 0.6) is 5.75 Å². The summed E-state index contributed by atoms with van der Waals surface area (Å²) in [4.78, 5) is 33.8. The fraction of sp³-hybridized carbons (Fsp3) is 0.438. The van der Waals surface area contributed by atoms with Crippen LogP contribution >= 0.6 is 0 Å². The van der Waals surface area contributed by atoms with Crippen molar-refractivity contribution in [3.8, 4) is 5.75 Å². The molecule has 0 spiro atoms. The Hall–Kier alpha value is -2.78. The number of ether oxygens (including phenoxy) is 3. The van der Waals surface area contributed by atoms with E-state index in [1.165, 1.54) is 12.1 Å². The molecule has 0 amide bonds. The van der Waals surface area contributed by atoms with E-state index in [1.54, 1.807) is 20.8 Å². The third-order valence-electron chi connectivity index (χ3n) is 2.76. The Balaban J connectivity index is 2.66. The van der Waals surface area contributed by atoms with Crippen molar-refractivity contribution in [2.24, 2.45) is 5.92 Å². The van der Waals surface area contributed by atoms with Crippen molar-refractivity contribution in [3.63, 3.8) is 0 Å². The van der Waals surface area contributed by atoms with E-state index in [9.17, 15) is 27.6 Å². The fourth-order valence-corrected chi connectivity index (χ4v) is 1.57. The number of aliphatic carboxylic acids is 1. The van der Waals surface area contributed by atoms with Crippen LogP contribution in [0.2, 0.25) is 0 Å². The Kier molecular flexibility index (Phi) is 6.60. The molecule has 0 bridgehead atoms. The van der Waals surface area contributed by atoms with Crippen LogP contribution < -0.4 is 4.74 Å². The minimum absolute atomic E-state index is 0.0366. The van der Waals surface area contributed by atoms with Crippen molar-refractivity contribution in [2.75, 3.05) is 6.61 Å². The first-order chi connectivity index (χ1) is 11.8. The molecule has 1 unspecified atom stereocenters. The highest BCUT2D eigenvalue weighted by Crippen LogP contribution is 2.27. The number of carbonyl (C=O) groups excluding carboxylic acids is 2. The molecule has 0 heterocycles. The fourth-order valence-electron chi connectivity index (χ4n) is 1.57. The number of carboxylic acids is 1. The summed E-state index contributed by atoms with van der Waals surface area (Å²) in [6, 6.07) is 4.70. The zero-order valence-electron chi connectivity index (χ0n) is 14.1. The van der Waals surface area contributed by atoms with Gasteiger partial charge in [0.25, 0.3) is 0 Å². The first-order valence-corrected chi connectivity index (χ1v) is 7.27. The molecule has 10 heteroatoms. The summed E-state index contributed by atoms with van der Waals surface area (Å²) in [5.74, 6) is -6.08. The van der Waals surface area contributed by atoms with E-state index < -0.39 is 42.4 Å². The molecule has 1 N–H and O–H groups in total. The Bertz CT molecular complexity index is 660. The summed E-state index contributed by atoms with van der Waals surface area (Å²) in [6.07, 6.45) is -6.01. The van der Waals surface area contributed by atoms with Gasteiger partial charge >= 0.3 is 24.3 Å². The Morgan fingerprint density at radius 3 is 2.04 bits per heavy atom. The molecule has 7 nitrogen and oxygen atoms in total. The number of halogens is 3. The topological polar surface area (TPSA) is 99.1 Å². The van der Waals surface area contributed by atoms with Gasteiger partial charge < -0.3 is 19.3 Å². The quantitative estimate of drug-likeness (QED) is 0.619. The van der Waals surface area contributed by atoms with Gasteiger partial charge in [-0.05, 0) is 45.0 Å². The van der Waals surface area contributed by atoms with Gasteiger partial charge in [-0.25, -0.2) is 9.59 Å². The summed E-state index contributed by atoms with van der Waals surface area (Å²) in [7, 11) is 0. The van der Waals surface area contributed by atoms with E-state index >= 15 is 0 Å². The highest BCUT2D eigenvalue weighted by Gasteiger charge is 2.46. The third kappa shape index (κ3) is 6.99. The van der Waals surface area contributed by atoms with E-state index in [1.807, 2.05) is 0 Å².